The van der Waals surface area contributed by atoms with Gasteiger partial charge in [0.2, 0.25) is 0 Å². The molecule has 0 saturated carbocycles. The third-order valence-electron chi connectivity index (χ3n) is 6.01. The topological polar surface area (TPSA) is 67.4 Å². The van der Waals surface area contributed by atoms with Crippen molar-refractivity contribution in [2.75, 3.05) is 0 Å². The second-order valence-electron chi connectivity index (χ2n) is 9.43. The molecule has 0 aliphatic heterocycles. The Morgan fingerprint density at radius 3 is 2.18 bits per heavy atom. The van der Waals surface area contributed by atoms with Crippen molar-refractivity contribution in [2.24, 2.45) is 0 Å². The first-order valence-electron chi connectivity index (χ1n) is 11.0. The molecule has 5 heteroatoms. The fourth-order valence-corrected chi connectivity index (χ4v) is 4.41. The summed E-state index contributed by atoms with van der Waals surface area (Å²) in [5.74, 6) is 1.95. The first-order chi connectivity index (χ1) is 15.8. The Balaban J connectivity index is 1.93. The molecule has 0 spiro atoms. The number of nitrogens with zero attached hydrogens (tertiary/aromatic N) is 5. The monoisotopic (exact) mass is 431 g/mol. The number of hydrogen-bond donors (Lipinski definition) is 0. The van der Waals surface area contributed by atoms with Crippen molar-refractivity contribution in [1.29, 1.82) is 5.26 Å². The van der Waals surface area contributed by atoms with E-state index >= 15 is 0 Å². The summed E-state index contributed by atoms with van der Waals surface area (Å²) >= 11 is 0. The maximum absolute atomic E-state index is 9.69. The zero-order valence-electron chi connectivity index (χ0n) is 19.5. The third kappa shape index (κ3) is 3.54. The summed E-state index contributed by atoms with van der Waals surface area (Å²) in [4.78, 5) is 13.6. The van der Waals surface area contributed by atoms with E-state index in [0.29, 0.717) is 23.0 Å². The summed E-state index contributed by atoms with van der Waals surface area (Å²) in [5.41, 5.74) is 5.79. The van der Waals surface area contributed by atoms with Gasteiger partial charge in [0, 0.05) is 16.3 Å². The highest BCUT2D eigenvalue weighted by atomic mass is 15.0. The van der Waals surface area contributed by atoms with Gasteiger partial charge in [-0.15, -0.1) is 0 Å². The van der Waals surface area contributed by atoms with Crippen molar-refractivity contribution in [2.45, 2.75) is 40.0 Å². The molecule has 0 aliphatic carbocycles. The fourth-order valence-electron chi connectivity index (χ4n) is 4.41. The summed E-state index contributed by atoms with van der Waals surface area (Å²) in [6.45, 7) is 10.4. The Hall–Kier alpha value is -4.04. The molecule has 0 radical (unpaired) electrons. The lowest BCUT2D eigenvalue weighted by molar-refractivity contribution is 0.591. The van der Waals surface area contributed by atoms with Crippen LogP contribution in [0.5, 0.6) is 0 Å². The first kappa shape index (κ1) is 20.8. The minimum absolute atomic E-state index is 0.00917. The molecule has 3 aromatic carbocycles. The van der Waals surface area contributed by atoms with Gasteiger partial charge >= 0.3 is 0 Å². The second-order valence-corrected chi connectivity index (χ2v) is 9.43. The van der Waals surface area contributed by atoms with E-state index in [1.165, 1.54) is 16.3 Å². The van der Waals surface area contributed by atoms with Crippen molar-refractivity contribution < 1.29 is 0 Å². The van der Waals surface area contributed by atoms with Crippen molar-refractivity contribution in [3.63, 3.8) is 0 Å². The summed E-state index contributed by atoms with van der Waals surface area (Å²) in [7, 11) is 0. The number of fused-ring (bicyclic) bond motifs is 3. The van der Waals surface area contributed by atoms with E-state index in [-0.39, 0.29) is 5.41 Å². The zero-order valence-corrected chi connectivity index (χ0v) is 19.5. The molecule has 0 saturated heterocycles. The van der Waals surface area contributed by atoms with E-state index in [2.05, 4.69) is 82.8 Å². The van der Waals surface area contributed by atoms with Crippen LogP contribution in [0.25, 0.3) is 38.9 Å². The molecule has 0 atom stereocenters. The SMILES string of the molecule is Cc1nc(C)nc(-c2ccc(C#N)cc2-n2c3ccccc3c3ccc(C(C)(C)C)cc32)n1. The normalized spacial score (nSPS) is 11.8. The number of rotatable bonds is 2. The smallest absolute Gasteiger partial charge is 0.165 e. The van der Waals surface area contributed by atoms with Crippen molar-refractivity contribution in [3.8, 4) is 23.1 Å². The molecular weight excluding hydrogens is 406 g/mol. The fraction of sp³-hybridized carbons (Fsp3) is 0.214. The van der Waals surface area contributed by atoms with Crippen LogP contribution in [0.3, 0.4) is 0 Å². The number of nitriles is 1. The van der Waals surface area contributed by atoms with Gasteiger partial charge in [0.25, 0.3) is 0 Å². The molecule has 5 aromatic rings. The average Bonchev–Trinajstić information content (AvgIpc) is 3.11. The van der Waals surface area contributed by atoms with Crippen LogP contribution in [0.15, 0.2) is 60.7 Å². The molecule has 5 nitrogen and oxygen atoms in total. The van der Waals surface area contributed by atoms with Gasteiger partial charge in [-0.05, 0) is 55.2 Å². The Morgan fingerprint density at radius 1 is 0.788 bits per heavy atom. The van der Waals surface area contributed by atoms with Gasteiger partial charge in [0.05, 0.1) is 28.4 Å². The van der Waals surface area contributed by atoms with Gasteiger partial charge in [-0.3, -0.25) is 0 Å². The molecular formula is C28H25N5. The minimum atomic E-state index is 0.00917. The van der Waals surface area contributed by atoms with E-state index in [0.717, 1.165) is 22.3 Å². The lowest BCUT2D eigenvalue weighted by Crippen LogP contribution is -2.11. The minimum Gasteiger partial charge on any atom is -0.308 e. The maximum Gasteiger partial charge on any atom is 0.165 e. The second kappa shape index (κ2) is 7.53. The number of hydrogen-bond acceptors (Lipinski definition) is 4. The van der Waals surface area contributed by atoms with Crippen LogP contribution in [0, 0.1) is 25.2 Å². The summed E-state index contributed by atoms with van der Waals surface area (Å²) in [6.07, 6.45) is 0. The molecule has 0 unspecified atom stereocenters. The van der Waals surface area contributed by atoms with Gasteiger partial charge in [0.1, 0.15) is 11.6 Å². The van der Waals surface area contributed by atoms with Gasteiger partial charge in [-0.2, -0.15) is 5.26 Å². The molecule has 0 amide bonds. The van der Waals surface area contributed by atoms with Crippen LogP contribution in [-0.2, 0) is 5.41 Å². The highest BCUT2D eigenvalue weighted by Crippen LogP contribution is 2.37. The van der Waals surface area contributed by atoms with Crippen LogP contribution in [-0.4, -0.2) is 19.5 Å². The Kier molecular flexibility index (Phi) is 4.75. The van der Waals surface area contributed by atoms with Gasteiger partial charge < -0.3 is 4.57 Å². The largest absolute Gasteiger partial charge is 0.308 e. The highest BCUT2D eigenvalue weighted by Gasteiger charge is 2.20. The zero-order chi connectivity index (χ0) is 23.3. The molecule has 2 heterocycles. The Labute approximate surface area is 193 Å². The summed E-state index contributed by atoms with van der Waals surface area (Å²) in [5, 5.41) is 12.0. The Morgan fingerprint density at radius 2 is 1.48 bits per heavy atom. The van der Waals surface area contributed by atoms with Gasteiger partial charge in [-0.25, -0.2) is 15.0 Å². The maximum atomic E-state index is 9.69. The molecule has 33 heavy (non-hydrogen) atoms. The number of aryl methyl sites for hydroxylation is 2. The predicted molar refractivity (Wildman–Crippen MR) is 132 cm³/mol. The highest BCUT2D eigenvalue weighted by molar-refractivity contribution is 6.10. The molecule has 0 N–H and O–H groups in total. The quantitative estimate of drug-likeness (QED) is 0.323. The molecule has 162 valence electrons. The van der Waals surface area contributed by atoms with Crippen molar-refractivity contribution in [1.82, 2.24) is 19.5 Å². The summed E-state index contributed by atoms with van der Waals surface area (Å²) in [6, 6.07) is 23.1. The van der Waals surface area contributed by atoms with Crippen LogP contribution in [0.4, 0.5) is 0 Å². The van der Waals surface area contributed by atoms with E-state index in [9.17, 15) is 5.26 Å². The molecule has 5 rings (SSSR count). The molecule has 0 fully saturated rings. The van der Waals surface area contributed by atoms with Crippen LogP contribution >= 0.6 is 0 Å². The van der Waals surface area contributed by atoms with E-state index in [4.69, 9.17) is 0 Å². The van der Waals surface area contributed by atoms with E-state index in [1.807, 2.05) is 38.1 Å². The van der Waals surface area contributed by atoms with Gasteiger partial charge in [-0.1, -0.05) is 51.1 Å². The summed E-state index contributed by atoms with van der Waals surface area (Å²) < 4.78 is 2.24. The standard InChI is InChI=1S/C28H25N5/c1-17-30-18(2)32-27(31-17)23-12-10-19(16-29)14-25(23)33-24-9-7-6-8-21(24)22-13-11-20(15-26(22)33)28(3,4)5/h6-15H,1-5H3. The van der Waals surface area contributed by atoms with E-state index < -0.39 is 0 Å². The lowest BCUT2D eigenvalue weighted by atomic mass is 9.86. The number of aromatic nitrogens is 4. The van der Waals surface area contributed by atoms with Gasteiger partial charge in [0.15, 0.2) is 5.82 Å². The number of para-hydroxylation sites is 1. The van der Waals surface area contributed by atoms with E-state index in [1.54, 1.807) is 0 Å². The van der Waals surface area contributed by atoms with Crippen molar-refractivity contribution >= 4 is 21.8 Å². The Bertz CT molecular complexity index is 1560. The first-order valence-corrected chi connectivity index (χ1v) is 11.0. The van der Waals surface area contributed by atoms with Crippen molar-refractivity contribution in [3.05, 3.63) is 83.4 Å². The van der Waals surface area contributed by atoms with Crippen LogP contribution < -0.4 is 0 Å². The molecule has 0 bridgehead atoms. The van der Waals surface area contributed by atoms with Crippen LogP contribution in [0.1, 0.15) is 43.5 Å². The average molecular weight is 432 g/mol. The number of benzene rings is 3. The van der Waals surface area contributed by atoms with Crippen LogP contribution in [0.2, 0.25) is 0 Å². The lowest BCUT2D eigenvalue weighted by Gasteiger charge is -2.20. The third-order valence-corrected chi connectivity index (χ3v) is 6.01. The predicted octanol–water partition coefficient (Wildman–Crippen LogP) is 6.42. The molecule has 0 aliphatic rings. The molecule has 2 aromatic heterocycles.